The molecule has 13 heteroatoms. The monoisotopic (exact) mass is 475 g/mol. The molecule has 10 nitrogen and oxygen atoms in total. The van der Waals surface area contributed by atoms with Crippen LogP contribution in [0.3, 0.4) is 0 Å². The molecule has 2 aromatic heterocycles. The van der Waals surface area contributed by atoms with Crippen molar-refractivity contribution in [3.05, 3.63) is 59.7 Å². The van der Waals surface area contributed by atoms with Gasteiger partial charge in [0.05, 0.1) is 43.3 Å². The van der Waals surface area contributed by atoms with Crippen molar-refractivity contribution >= 4 is 23.5 Å². The van der Waals surface area contributed by atoms with Gasteiger partial charge in [0.15, 0.2) is 29.4 Å². The summed E-state index contributed by atoms with van der Waals surface area (Å²) in [6.45, 7) is 2.42. The SMILES string of the molecule is CC1Cn2ncc(N3C[C@@H](c4nccn4C)OC3=O)c2CN1C(=O)Nc1cc(F)c(F)c(F)c1. The van der Waals surface area contributed by atoms with Crippen molar-refractivity contribution in [1.82, 2.24) is 24.2 Å². The normalized spacial score (nSPS) is 19.9. The molecule has 0 saturated carbocycles. The number of benzene rings is 1. The second kappa shape index (κ2) is 8.08. The molecule has 2 aliphatic heterocycles. The lowest BCUT2D eigenvalue weighted by molar-refractivity contribution is 0.136. The van der Waals surface area contributed by atoms with Crippen molar-refractivity contribution in [3.63, 3.8) is 0 Å². The van der Waals surface area contributed by atoms with Gasteiger partial charge in [0.25, 0.3) is 0 Å². The molecule has 3 aromatic rings. The standard InChI is InChI=1S/C21H20F3N7O3/c1-11-8-31-16(9-29(11)20(32)27-12-5-13(22)18(24)14(23)6-12)15(7-26-31)30-10-17(34-21(30)33)19-25-3-4-28(19)2/h3-7,11,17H,8-10H2,1-2H3,(H,27,32)/t11?,17-/m0/s1. The summed E-state index contributed by atoms with van der Waals surface area (Å²) in [6.07, 6.45) is 3.79. The van der Waals surface area contributed by atoms with E-state index in [4.69, 9.17) is 4.74 Å². The number of urea groups is 1. The topological polar surface area (TPSA) is 97.5 Å². The molecule has 2 atom stereocenters. The molecular formula is C21H20F3N7O3. The largest absolute Gasteiger partial charge is 0.436 e. The van der Waals surface area contributed by atoms with Crippen molar-refractivity contribution in [1.29, 1.82) is 0 Å². The van der Waals surface area contributed by atoms with Crippen LogP contribution in [0.15, 0.2) is 30.7 Å². The van der Waals surface area contributed by atoms with E-state index < -0.39 is 35.7 Å². The predicted octanol–water partition coefficient (Wildman–Crippen LogP) is 3.17. The van der Waals surface area contributed by atoms with E-state index in [-0.39, 0.29) is 24.8 Å². The Kier molecular flexibility index (Phi) is 5.18. The van der Waals surface area contributed by atoms with E-state index >= 15 is 0 Å². The van der Waals surface area contributed by atoms with E-state index in [0.29, 0.717) is 35.9 Å². The average Bonchev–Trinajstić information content (AvgIpc) is 3.49. The molecule has 1 fully saturated rings. The van der Waals surface area contributed by atoms with Crippen LogP contribution in [0.25, 0.3) is 0 Å². The molecule has 0 bridgehead atoms. The number of fused-ring (bicyclic) bond motifs is 1. The first-order chi connectivity index (χ1) is 16.2. The van der Waals surface area contributed by atoms with Gasteiger partial charge < -0.3 is 19.5 Å². The van der Waals surface area contributed by atoms with Gasteiger partial charge in [0.1, 0.15) is 0 Å². The molecule has 5 rings (SSSR count). The molecule has 1 saturated heterocycles. The van der Waals surface area contributed by atoms with Crippen LogP contribution >= 0.6 is 0 Å². The molecule has 1 aromatic carbocycles. The molecule has 2 aliphatic rings. The minimum absolute atomic E-state index is 0.0747. The van der Waals surface area contributed by atoms with Crippen molar-refractivity contribution in [2.75, 3.05) is 16.8 Å². The van der Waals surface area contributed by atoms with E-state index in [0.717, 1.165) is 0 Å². The average molecular weight is 475 g/mol. The van der Waals surface area contributed by atoms with Gasteiger partial charge in [0, 0.05) is 37.3 Å². The van der Waals surface area contributed by atoms with Crippen molar-refractivity contribution < 1.29 is 27.5 Å². The van der Waals surface area contributed by atoms with Crippen LogP contribution in [0.1, 0.15) is 24.5 Å². The van der Waals surface area contributed by atoms with E-state index in [9.17, 15) is 22.8 Å². The molecule has 0 aliphatic carbocycles. The highest BCUT2D eigenvalue weighted by Gasteiger charge is 2.39. The Labute approximate surface area is 191 Å². The fourth-order valence-electron chi connectivity index (χ4n) is 4.19. The first-order valence-electron chi connectivity index (χ1n) is 10.4. The first-order valence-corrected chi connectivity index (χ1v) is 10.4. The summed E-state index contributed by atoms with van der Waals surface area (Å²) in [5.41, 5.74) is 0.876. The maximum absolute atomic E-state index is 13.5. The van der Waals surface area contributed by atoms with Gasteiger partial charge in [-0.2, -0.15) is 5.10 Å². The lowest BCUT2D eigenvalue weighted by Gasteiger charge is -2.34. The maximum atomic E-state index is 13.5. The number of amides is 3. The number of aromatic nitrogens is 4. The van der Waals surface area contributed by atoms with Gasteiger partial charge in [0.2, 0.25) is 0 Å². The smallest absolute Gasteiger partial charge is 0.415 e. The third kappa shape index (κ3) is 3.62. The van der Waals surface area contributed by atoms with Crippen LogP contribution in [0.5, 0.6) is 0 Å². The van der Waals surface area contributed by atoms with E-state index in [1.54, 1.807) is 35.6 Å². The number of hydrogen-bond donors (Lipinski definition) is 1. The number of cyclic esters (lactones) is 1. The quantitative estimate of drug-likeness (QED) is 0.587. The summed E-state index contributed by atoms with van der Waals surface area (Å²) in [7, 11) is 1.80. The number of halogens is 3. The zero-order valence-corrected chi connectivity index (χ0v) is 18.2. The third-order valence-electron chi connectivity index (χ3n) is 5.96. The Morgan fingerprint density at radius 3 is 2.62 bits per heavy atom. The Bertz CT molecular complexity index is 1270. The lowest BCUT2D eigenvalue weighted by atomic mass is 10.2. The van der Waals surface area contributed by atoms with Gasteiger partial charge in [-0.25, -0.2) is 27.7 Å². The highest BCUT2D eigenvalue weighted by atomic mass is 19.2. The molecule has 178 valence electrons. The third-order valence-corrected chi connectivity index (χ3v) is 5.96. The van der Waals surface area contributed by atoms with E-state index in [2.05, 4.69) is 15.4 Å². The first kappa shape index (κ1) is 21.8. The van der Waals surface area contributed by atoms with Crippen LogP contribution in [0.4, 0.5) is 34.1 Å². The zero-order valence-electron chi connectivity index (χ0n) is 18.2. The second-order valence-corrected chi connectivity index (χ2v) is 8.20. The van der Waals surface area contributed by atoms with Crippen LogP contribution in [0.2, 0.25) is 0 Å². The Hall–Kier alpha value is -4.03. The Morgan fingerprint density at radius 2 is 1.94 bits per heavy atom. The van der Waals surface area contributed by atoms with Crippen LogP contribution in [0, 0.1) is 17.5 Å². The van der Waals surface area contributed by atoms with Gasteiger partial charge in [-0.05, 0) is 6.92 Å². The second-order valence-electron chi connectivity index (χ2n) is 8.20. The van der Waals surface area contributed by atoms with Crippen molar-refractivity contribution in [2.45, 2.75) is 32.2 Å². The van der Waals surface area contributed by atoms with E-state index in [1.807, 2.05) is 0 Å². The number of carbonyl (C=O) groups is 2. The molecule has 1 N–H and O–H groups in total. The number of nitrogens with zero attached hydrogens (tertiary/aromatic N) is 6. The maximum Gasteiger partial charge on any atom is 0.415 e. The summed E-state index contributed by atoms with van der Waals surface area (Å²) in [6, 6.07) is 0.462. The molecule has 4 heterocycles. The number of imidazole rings is 1. The predicted molar refractivity (Wildman–Crippen MR) is 112 cm³/mol. The zero-order chi connectivity index (χ0) is 24.1. The molecular weight excluding hydrogens is 455 g/mol. The summed E-state index contributed by atoms with van der Waals surface area (Å²) >= 11 is 0. The summed E-state index contributed by atoms with van der Waals surface area (Å²) in [4.78, 5) is 32.6. The minimum atomic E-state index is -1.61. The van der Waals surface area contributed by atoms with Crippen LogP contribution in [-0.2, 0) is 24.9 Å². The molecule has 0 spiro atoms. The van der Waals surface area contributed by atoms with Gasteiger partial charge >= 0.3 is 12.1 Å². The number of hydrogen-bond acceptors (Lipinski definition) is 5. The number of ether oxygens (including phenoxy) is 1. The summed E-state index contributed by atoms with van der Waals surface area (Å²) in [5, 5.41) is 6.75. The number of rotatable bonds is 3. The number of aryl methyl sites for hydroxylation is 1. The number of anilines is 2. The molecule has 3 amide bonds. The van der Waals surface area contributed by atoms with Crippen LogP contribution in [-0.4, -0.2) is 48.9 Å². The fraction of sp³-hybridized carbons (Fsp3) is 0.333. The number of nitrogens with one attached hydrogen (secondary N) is 1. The van der Waals surface area contributed by atoms with Crippen molar-refractivity contribution in [3.8, 4) is 0 Å². The van der Waals surface area contributed by atoms with Crippen LogP contribution < -0.4 is 10.2 Å². The Balaban J connectivity index is 1.36. The minimum Gasteiger partial charge on any atom is -0.436 e. The lowest BCUT2D eigenvalue weighted by Crippen LogP contribution is -2.47. The van der Waals surface area contributed by atoms with Crippen molar-refractivity contribution in [2.24, 2.45) is 7.05 Å². The fourth-order valence-corrected chi connectivity index (χ4v) is 4.19. The molecule has 0 radical (unpaired) electrons. The summed E-state index contributed by atoms with van der Waals surface area (Å²) in [5.74, 6) is -3.82. The highest BCUT2D eigenvalue weighted by Crippen LogP contribution is 2.34. The summed E-state index contributed by atoms with van der Waals surface area (Å²) < 4.78 is 49.3. The molecule has 1 unspecified atom stereocenters. The van der Waals surface area contributed by atoms with Gasteiger partial charge in [-0.3, -0.25) is 9.58 Å². The molecule has 34 heavy (non-hydrogen) atoms. The Morgan fingerprint density at radius 1 is 1.21 bits per heavy atom. The highest BCUT2D eigenvalue weighted by molar-refractivity contribution is 5.91. The van der Waals surface area contributed by atoms with Gasteiger partial charge in [-0.15, -0.1) is 0 Å². The number of carbonyl (C=O) groups excluding carboxylic acids is 2. The van der Waals surface area contributed by atoms with Gasteiger partial charge in [-0.1, -0.05) is 0 Å². The van der Waals surface area contributed by atoms with E-state index in [1.165, 1.54) is 16.0 Å².